The third-order valence-electron chi connectivity index (χ3n) is 9.21. The summed E-state index contributed by atoms with van der Waals surface area (Å²) < 4.78 is 15.6. The monoisotopic (exact) mass is 637 g/mol. The summed E-state index contributed by atoms with van der Waals surface area (Å²) in [6, 6.07) is 0.411. The Morgan fingerprint density at radius 3 is 2.40 bits per heavy atom. The van der Waals surface area contributed by atoms with E-state index in [1.807, 2.05) is 20.8 Å². The summed E-state index contributed by atoms with van der Waals surface area (Å²) in [7, 11) is -2.04. The molecule has 2 aliphatic heterocycles. The average Bonchev–Trinajstić information content (AvgIpc) is 3.29. The number of hydrogen-bond donors (Lipinski definition) is 1. The molecule has 35 heavy (non-hydrogen) atoms. The fourth-order valence-electron chi connectivity index (χ4n) is 6.31. The number of carbonyl (C=O) groups is 1. The van der Waals surface area contributed by atoms with Gasteiger partial charge in [0.15, 0.2) is 20.1 Å². The van der Waals surface area contributed by atoms with E-state index in [1.165, 1.54) is 5.71 Å². The quantitative estimate of drug-likeness (QED) is 0.210. The van der Waals surface area contributed by atoms with E-state index in [-0.39, 0.29) is 57.4 Å². The van der Waals surface area contributed by atoms with E-state index in [4.69, 9.17) is 9.16 Å². The molecule has 0 aromatic heterocycles. The molecule has 0 radical (unpaired) electrons. The molecule has 0 amide bonds. The van der Waals surface area contributed by atoms with Gasteiger partial charge in [-0.2, -0.15) is 0 Å². The van der Waals surface area contributed by atoms with Gasteiger partial charge in [0.2, 0.25) is 0 Å². The Bertz CT molecular complexity index is 804. The van der Waals surface area contributed by atoms with Gasteiger partial charge >= 0.3 is 5.97 Å². The summed E-state index contributed by atoms with van der Waals surface area (Å²) in [5.74, 6) is 0.233. The van der Waals surface area contributed by atoms with Crippen LogP contribution in [0, 0.1) is 22.7 Å². The third kappa shape index (κ3) is 5.96. The van der Waals surface area contributed by atoms with Crippen LogP contribution in [-0.2, 0) is 14.0 Å². The summed E-state index contributed by atoms with van der Waals surface area (Å²) in [6.45, 7) is 20.9. The minimum atomic E-state index is -2.04. The summed E-state index contributed by atoms with van der Waals surface area (Å²) in [4.78, 5) is 12.6. The van der Waals surface area contributed by atoms with E-state index in [2.05, 4.69) is 61.3 Å². The van der Waals surface area contributed by atoms with Crippen molar-refractivity contribution in [1.82, 2.24) is 0 Å². The van der Waals surface area contributed by atoms with Crippen LogP contribution in [0.5, 0.6) is 0 Å². The van der Waals surface area contributed by atoms with Crippen LogP contribution in [0.3, 0.4) is 0 Å². The molecule has 8 heteroatoms. The number of ether oxygens (including phenoxy) is 1. The second kappa shape index (κ2) is 11.2. The molecule has 1 spiro atoms. The van der Waals surface area contributed by atoms with Crippen LogP contribution >= 0.6 is 15.9 Å². The Labute approximate surface area is 233 Å². The van der Waals surface area contributed by atoms with Gasteiger partial charge in [0.25, 0.3) is 0 Å². The molecule has 3 aliphatic rings. The van der Waals surface area contributed by atoms with Crippen LogP contribution in [0.15, 0.2) is 0 Å². The van der Waals surface area contributed by atoms with Gasteiger partial charge in [-0.25, -0.2) is 4.58 Å². The Morgan fingerprint density at radius 1 is 1.23 bits per heavy atom. The van der Waals surface area contributed by atoms with Crippen molar-refractivity contribution in [2.24, 2.45) is 22.7 Å². The Kier molecular flexibility index (Phi) is 10.0. The van der Waals surface area contributed by atoms with E-state index in [9.17, 15) is 9.90 Å². The lowest BCUT2D eigenvalue weighted by atomic mass is 9.56. The fourth-order valence-corrected chi connectivity index (χ4v) is 8.32. The molecule has 0 aromatic rings. The van der Waals surface area contributed by atoms with Gasteiger partial charge in [0.05, 0.1) is 35.0 Å². The Hall–Kier alpha value is 0.237. The summed E-state index contributed by atoms with van der Waals surface area (Å²) in [5.41, 5.74) is 0.634. The zero-order chi connectivity index (χ0) is 25.7. The molecule has 3 rings (SSSR count). The predicted molar refractivity (Wildman–Crippen MR) is 144 cm³/mol. The first kappa shape index (κ1) is 31.5. The van der Waals surface area contributed by atoms with Crippen molar-refractivity contribution < 1.29 is 40.6 Å². The van der Waals surface area contributed by atoms with E-state index >= 15 is 0 Å². The highest BCUT2D eigenvalue weighted by atomic mass is 79.9. The van der Waals surface area contributed by atoms with Crippen molar-refractivity contribution in [1.29, 1.82) is 0 Å². The number of hydrogen-bond acceptors (Lipinski definition) is 4. The molecule has 1 fully saturated rings. The highest BCUT2D eigenvalue weighted by Crippen LogP contribution is 2.56. The lowest BCUT2D eigenvalue weighted by Crippen LogP contribution is -3.00. The molecule has 1 N–H and O–H groups in total. The molecule has 0 saturated heterocycles. The summed E-state index contributed by atoms with van der Waals surface area (Å²) in [5, 5.41) is 12.8. The lowest BCUT2D eigenvalue weighted by Gasteiger charge is -2.53. The van der Waals surface area contributed by atoms with E-state index in [1.54, 1.807) is 0 Å². The predicted octanol–water partition coefficient (Wildman–Crippen LogP) is 2.78. The number of nitrogens with zero attached hydrogens (tertiary/aromatic N) is 1. The van der Waals surface area contributed by atoms with Crippen molar-refractivity contribution in [3.05, 3.63) is 0 Å². The van der Waals surface area contributed by atoms with Gasteiger partial charge in [-0.1, -0.05) is 43.6 Å². The minimum absolute atomic E-state index is 0. The van der Waals surface area contributed by atoms with Crippen molar-refractivity contribution in [3.8, 4) is 0 Å². The zero-order valence-corrected chi connectivity index (χ0v) is 27.6. The van der Waals surface area contributed by atoms with E-state index in [0.717, 1.165) is 44.0 Å². The Morgan fingerprint density at radius 2 is 1.86 bits per heavy atom. The number of halogens is 2. The van der Waals surface area contributed by atoms with Gasteiger partial charge in [-0.3, -0.25) is 4.79 Å². The molecule has 0 aromatic carbocycles. The third-order valence-corrected chi connectivity index (χ3v) is 14.4. The second-order valence-corrected chi connectivity index (χ2v) is 19.1. The van der Waals surface area contributed by atoms with Crippen LogP contribution in [0.2, 0.25) is 18.1 Å². The van der Waals surface area contributed by atoms with Crippen LogP contribution in [0.1, 0.15) is 80.6 Å². The van der Waals surface area contributed by atoms with Crippen molar-refractivity contribution in [2.45, 2.75) is 117 Å². The first-order valence-corrected chi connectivity index (χ1v) is 17.3. The van der Waals surface area contributed by atoms with Crippen LogP contribution in [0.25, 0.3) is 0 Å². The normalized spacial score (nSPS) is 33.6. The Balaban J connectivity index is 0.00000432. The summed E-state index contributed by atoms with van der Waals surface area (Å²) >= 11 is 3.77. The molecule has 1 aliphatic carbocycles. The number of esters is 1. The molecule has 204 valence electrons. The number of aliphatic hydroxyl groups excluding tert-OH is 1. The smallest absolute Gasteiger partial charge is 0.311 e. The number of rotatable bonds is 6. The number of alkyl halides is 1. The molecule has 0 bridgehead atoms. The second-order valence-electron chi connectivity index (χ2n) is 13.6. The standard InChI is InChI=1S/C27H49BrNO4Si.BrH/c1-18-15-22(30)27(16-19(17-28)29-13-10-11-21(27)29)20(12-14-32-24(31)25(2,3)4)23(18)33-34(8,9)26(5,6)7;/h18-20,22-23,30H,10-17H2,1-9H3;1H/q+1;/p-1/t18-,19+,20+,22-,23-,27-;/m0./s1. The summed E-state index contributed by atoms with van der Waals surface area (Å²) in [6.07, 6.45) is 4.34. The van der Waals surface area contributed by atoms with Gasteiger partial charge in [0.1, 0.15) is 6.54 Å². The number of fused-ring (bicyclic) bond motifs is 1. The highest BCUT2D eigenvalue weighted by molar-refractivity contribution is 9.09. The topological polar surface area (TPSA) is 58.8 Å². The maximum absolute atomic E-state index is 12.6. The van der Waals surface area contributed by atoms with Crippen molar-refractivity contribution >= 4 is 35.9 Å². The molecular weight excluding hydrogens is 590 g/mol. The number of carbonyl (C=O) groups excluding carboxylic acids is 1. The average molecular weight is 640 g/mol. The van der Waals surface area contributed by atoms with Gasteiger partial charge in [0, 0.05) is 25.2 Å². The molecule has 1 saturated carbocycles. The molecular formula is C27H49Br2NO4Si. The lowest BCUT2D eigenvalue weighted by molar-refractivity contribution is -0.545. The fraction of sp³-hybridized carbons (Fsp3) is 0.926. The van der Waals surface area contributed by atoms with Crippen LogP contribution in [0.4, 0.5) is 0 Å². The largest absolute Gasteiger partial charge is 1.00 e. The van der Waals surface area contributed by atoms with E-state index in [0.29, 0.717) is 12.6 Å². The first-order chi connectivity index (χ1) is 15.6. The van der Waals surface area contributed by atoms with Gasteiger partial charge in [-0.05, 0) is 57.7 Å². The maximum atomic E-state index is 12.6. The van der Waals surface area contributed by atoms with Crippen LogP contribution in [-0.4, -0.2) is 66.4 Å². The van der Waals surface area contributed by atoms with Crippen molar-refractivity contribution in [2.75, 3.05) is 18.5 Å². The highest BCUT2D eigenvalue weighted by Gasteiger charge is 2.65. The van der Waals surface area contributed by atoms with Gasteiger partial charge < -0.3 is 31.3 Å². The molecule has 0 unspecified atom stereocenters. The first-order valence-electron chi connectivity index (χ1n) is 13.3. The number of aliphatic hydroxyl groups is 1. The minimum Gasteiger partial charge on any atom is -1.00 e. The molecule has 5 nitrogen and oxygen atoms in total. The SMILES string of the molecule is C[C@H]1C[C@H](O)[C@@]2(C[C@H](CBr)[N+]3=C2CCC3)[C@H](CCOC(=O)C(C)(C)C)[C@H]1O[Si](C)(C)C(C)(C)C.[Br-]. The zero-order valence-electron chi connectivity index (χ0n) is 23.4. The maximum Gasteiger partial charge on any atom is 0.311 e. The van der Waals surface area contributed by atoms with Crippen LogP contribution < -0.4 is 17.0 Å². The molecule has 6 atom stereocenters. The molecule has 2 heterocycles. The van der Waals surface area contributed by atoms with Gasteiger partial charge in [-0.15, -0.1) is 0 Å². The van der Waals surface area contributed by atoms with Crippen molar-refractivity contribution in [3.63, 3.8) is 0 Å². The van der Waals surface area contributed by atoms with E-state index < -0.39 is 13.7 Å².